The molecule has 1 atom stereocenters. The van der Waals surface area contributed by atoms with Crippen LogP contribution in [0.15, 0.2) is 29.3 Å². The van der Waals surface area contributed by atoms with E-state index < -0.39 is 0 Å². The SMILES string of the molecule is CN=C(NCc1cccc(F)c1)N1CCN(C(=O)C2CCCO2)CC1.I. The molecule has 0 radical (unpaired) electrons. The van der Waals surface area contributed by atoms with Gasteiger partial charge in [-0.15, -0.1) is 24.0 Å². The van der Waals surface area contributed by atoms with Gasteiger partial charge in [-0.05, 0) is 30.5 Å². The molecule has 2 heterocycles. The normalized spacial score (nSPS) is 20.7. The Morgan fingerprint density at radius 1 is 1.31 bits per heavy atom. The molecule has 1 unspecified atom stereocenters. The topological polar surface area (TPSA) is 57.2 Å². The minimum Gasteiger partial charge on any atom is -0.368 e. The molecule has 0 spiro atoms. The van der Waals surface area contributed by atoms with Gasteiger partial charge in [0.1, 0.15) is 11.9 Å². The van der Waals surface area contributed by atoms with Gasteiger partial charge in [-0.25, -0.2) is 4.39 Å². The van der Waals surface area contributed by atoms with Crippen LogP contribution < -0.4 is 5.32 Å². The van der Waals surface area contributed by atoms with E-state index >= 15 is 0 Å². The number of nitrogens with one attached hydrogen (secondary N) is 1. The molecule has 1 aromatic carbocycles. The highest BCUT2D eigenvalue weighted by atomic mass is 127. The van der Waals surface area contributed by atoms with Crippen molar-refractivity contribution in [1.82, 2.24) is 15.1 Å². The molecule has 0 aliphatic carbocycles. The quantitative estimate of drug-likeness (QED) is 0.411. The van der Waals surface area contributed by atoms with Crippen LogP contribution in [0.25, 0.3) is 0 Å². The highest BCUT2D eigenvalue weighted by Gasteiger charge is 2.30. The van der Waals surface area contributed by atoms with Gasteiger partial charge in [0.05, 0.1) is 0 Å². The Morgan fingerprint density at radius 3 is 2.65 bits per heavy atom. The summed E-state index contributed by atoms with van der Waals surface area (Å²) in [5, 5.41) is 3.26. The number of guanidine groups is 1. The number of nitrogens with zero attached hydrogens (tertiary/aromatic N) is 3. The number of piperazine rings is 1. The minimum atomic E-state index is -0.253. The number of amides is 1. The number of hydrogen-bond donors (Lipinski definition) is 1. The summed E-state index contributed by atoms with van der Waals surface area (Å²) in [6, 6.07) is 6.52. The molecule has 6 nitrogen and oxygen atoms in total. The lowest BCUT2D eigenvalue weighted by Crippen LogP contribution is -2.55. The first-order chi connectivity index (χ1) is 12.2. The summed E-state index contributed by atoms with van der Waals surface area (Å²) < 4.78 is 18.7. The zero-order valence-electron chi connectivity index (χ0n) is 15.0. The number of halogens is 2. The van der Waals surface area contributed by atoms with E-state index in [9.17, 15) is 9.18 Å². The summed E-state index contributed by atoms with van der Waals surface area (Å²) in [5.74, 6) is 0.642. The first-order valence-electron chi connectivity index (χ1n) is 8.78. The monoisotopic (exact) mass is 476 g/mol. The van der Waals surface area contributed by atoms with Crippen molar-refractivity contribution >= 4 is 35.8 Å². The first kappa shape index (κ1) is 20.9. The van der Waals surface area contributed by atoms with Gasteiger partial charge in [0.25, 0.3) is 5.91 Å². The van der Waals surface area contributed by atoms with Gasteiger partial charge in [-0.2, -0.15) is 0 Å². The molecule has 0 saturated carbocycles. The number of carbonyl (C=O) groups is 1. The van der Waals surface area contributed by atoms with E-state index in [0.29, 0.717) is 26.2 Å². The fourth-order valence-corrected chi connectivity index (χ4v) is 3.28. The number of rotatable bonds is 3. The van der Waals surface area contributed by atoms with Crippen molar-refractivity contribution in [3.63, 3.8) is 0 Å². The van der Waals surface area contributed by atoms with E-state index in [-0.39, 0.29) is 41.8 Å². The second-order valence-corrected chi connectivity index (χ2v) is 6.34. The van der Waals surface area contributed by atoms with Crippen LogP contribution in [0.1, 0.15) is 18.4 Å². The van der Waals surface area contributed by atoms with Crippen LogP contribution in [0.2, 0.25) is 0 Å². The molecule has 26 heavy (non-hydrogen) atoms. The second kappa shape index (κ2) is 10.1. The third-order valence-electron chi connectivity index (χ3n) is 4.65. The molecule has 2 saturated heterocycles. The minimum absolute atomic E-state index is 0. The molecular weight excluding hydrogens is 450 g/mol. The van der Waals surface area contributed by atoms with Gasteiger partial charge in [-0.1, -0.05) is 12.1 Å². The fourth-order valence-electron chi connectivity index (χ4n) is 3.28. The van der Waals surface area contributed by atoms with Crippen molar-refractivity contribution in [2.45, 2.75) is 25.5 Å². The van der Waals surface area contributed by atoms with Crippen molar-refractivity contribution in [3.05, 3.63) is 35.6 Å². The third-order valence-corrected chi connectivity index (χ3v) is 4.65. The average molecular weight is 476 g/mol. The van der Waals surface area contributed by atoms with E-state index in [1.54, 1.807) is 13.1 Å². The summed E-state index contributed by atoms with van der Waals surface area (Å²) in [4.78, 5) is 20.7. The Labute approximate surface area is 170 Å². The highest BCUT2D eigenvalue weighted by Crippen LogP contribution is 2.16. The van der Waals surface area contributed by atoms with Crippen LogP contribution in [0.5, 0.6) is 0 Å². The van der Waals surface area contributed by atoms with Gasteiger partial charge in [0, 0.05) is 46.4 Å². The van der Waals surface area contributed by atoms with Gasteiger partial charge in [0.2, 0.25) is 0 Å². The van der Waals surface area contributed by atoms with E-state index in [0.717, 1.165) is 37.5 Å². The lowest BCUT2D eigenvalue weighted by Gasteiger charge is -2.37. The fraction of sp³-hybridized carbons (Fsp3) is 0.556. The summed E-state index contributed by atoms with van der Waals surface area (Å²) in [6.45, 7) is 3.98. The Kier molecular flexibility index (Phi) is 8.08. The predicted octanol–water partition coefficient (Wildman–Crippen LogP) is 1.84. The van der Waals surface area contributed by atoms with Crippen LogP contribution in [-0.4, -0.2) is 67.6 Å². The molecular formula is C18H26FIN4O2. The van der Waals surface area contributed by atoms with E-state index in [4.69, 9.17) is 4.74 Å². The maximum atomic E-state index is 13.3. The number of aliphatic imine (C=N–C) groups is 1. The zero-order valence-corrected chi connectivity index (χ0v) is 17.3. The lowest BCUT2D eigenvalue weighted by atomic mass is 10.2. The molecule has 1 amide bonds. The largest absolute Gasteiger partial charge is 0.368 e. The van der Waals surface area contributed by atoms with Crippen molar-refractivity contribution in [2.75, 3.05) is 39.8 Å². The van der Waals surface area contributed by atoms with Crippen molar-refractivity contribution < 1.29 is 13.9 Å². The summed E-state index contributed by atoms with van der Waals surface area (Å²) in [5.41, 5.74) is 0.869. The Morgan fingerprint density at radius 2 is 2.04 bits per heavy atom. The average Bonchev–Trinajstić information content (AvgIpc) is 3.17. The van der Waals surface area contributed by atoms with E-state index in [1.807, 2.05) is 11.0 Å². The number of carbonyl (C=O) groups excluding carboxylic acids is 1. The molecule has 2 aliphatic rings. The lowest BCUT2D eigenvalue weighted by molar-refractivity contribution is -0.142. The van der Waals surface area contributed by atoms with Crippen LogP contribution in [-0.2, 0) is 16.1 Å². The Hall–Kier alpha value is -1.42. The molecule has 2 aliphatic heterocycles. The van der Waals surface area contributed by atoms with E-state index in [2.05, 4.69) is 15.2 Å². The molecule has 8 heteroatoms. The highest BCUT2D eigenvalue weighted by molar-refractivity contribution is 14.0. The molecule has 144 valence electrons. The molecule has 2 fully saturated rings. The summed E-state index contributed by atoms with van der Waals surface area (Å²) in [6.07, 6.45) is 1.54. The van der Waals surface area contributed by atoms with Crippen LogP contribution in [0.3, 0.4) is 0 Å². The molecule has 1 N–H and O–H groups in total. The van der Waals surface area contributed by atoms with E-state index in [1.165, 1.54) is 12.1 Å². The van der Waals surface area contributed by atoms with Crippen molar-refractivity contribution in [1.29, 1.82) is 0 Å². The van der Waals surface area contributed by atoms with Crippen LogP contribution in [0, 0.1) is 5.82 Å². The molecule has 0 bridgehead atoms. The molecule has 0 aromatic heterocycles. The number of ether oxygens (including phenoxy) is 1. The summed E-state index contributed by atoms with van der Waals surface area (Å²) in [7, 11) is 1.73. The molecule has 3 rings (SSSR count). The molecule has 1 aromatic rings. The van der Waals surface area contributed by atoms with Crippen LogP contribution in [0.4, 0.5) is 4.39 Å². The smallest absolute Gasteiger partial charge is 0.251 e. The van der Waals surface area contributed by atoms with Gasteiger partial charge in [-0.3, -0.25) is 9.79 Å². The zero-order chi connectivity index (χ0) is 17.6. The second-order valence-electron chi connectivity index (χ2n) is 6.34. The number of benzene rings is 1. The maximum Gasteiger partial charge on any atom is 0.251 e. The standard InChI is InChI=1S/C18H25FN4O2.HI/c1-20-18(21-13-14-4-2-5-15(19)12-14)23-9-7-22(8-10-23)17(24)16-6-3-11-25-16;/h2,4-5,12,16H,3,6-11,13H2,1H3,(H,20,21);1H. The Balaban J connectivity index is 0.00000243. The van der Waals surface area contributed by atoms with Crippen molar-refractivity contribution in [2.24, 2.45) is 4.99 Å². The maximum absolute atomic E-state index is 13.3. The van der Waals surface area contributed by atoms with Gasteiger partial charge in [0.15, 0.2) is 5.96 Å². The summed E-state index contributed by atoms with van der Waals surface area (Å²) >= 11 is 0. The first-order valence-corrected chi connectivity index (χ1v) is 8.78. The van der Waals surface area contributed by atoms with Crippen LogP contribution >= 0.6 is 24.0 Å². The van der Waals surface area contributed by atoms with Gasteiger partial charge < -0.3 is 19.9 Å². The number of hydrogen-bond acceptors (Lipinski definition) is 3. The van der Waals surface area contributed by atoms with Crippen molar-refractivity contribution in [3.8, 4) is 0 Å². The third kappa shape index (κ3) is 5.29. The predicted molar refractivity (Wildman–Crippen MR) is 109 cm³/mol. The van der Waals surface area contributed by atoms with Gasteiger partial charge >= 0.3 is 0 Å². The Bertz CT molecular complexity index is 629.